The van der Waals surface area contributed by atoms with Gasteiger partial charge in [-0.3, -0.25) is 0 Å². The van der Waals surface area contributed by atoms with Gasteiger partial charge in [-0.1, -0.05) is 7.43 Å². The van der Waals surface area contributed by atoms with Gasteiger partial charge in [0.15, 0.2) is 0 Å². The van der Waals surface area contributed by atoms with Gasteiger partial charge in [-0.2, -0.15) is 0 Å². The Bertz CT molecular complexity index is 6.00. The van der Waals surface area contributed by atoms with Crippen molar-refractivity contribution in [3.63, 3.8) is 0 Å². The topological polar surface area (TPSA) is 26.0 Å². The van der Waals surface area contributed by atoms with E-state index in [0.29, 0.717) is 0 Å². The van der Waals surface area contributed by atoms with Crippen LogP contribution in [0.3, 0.4) is 0 Å². The lowest BCUT2D eigenvalue weighted by Crippen LogP contribution is -1.69. The summed E-state index contributed by atoms with van der Waals surface area (Å²) >= 11 is 0. The van der Waals surface area contributed by atoms with E-state index in [1.54, 1.807) is 0 Å². The Labute approximate surface area is 29.8 Å². The Morgan fingerprint density at radius 3 is 1.25 bits per heavy atom. The predicted octanol–water partition coefficient (Wildman–Crippen LogP) is -0.170. The summed E-state index contributed by atoms with van der Waals surface area (Å²) in [6.07, 6.45) is 0. The molecule has 0 amide bonds. The minimum atomic E-state index is 0. The number of rotatable bonds is 0. The maximum absolute atomic E-state index is 4.50. The molecule has 0 aliphatic rings. The second-order valence-electron chi connectivity index (χ2n) is 0. The van der Waals surface area contributed by atoms with Crippen LogP contribution in [0.5, 0.6) is 0 Å². The molecular weight excluding hydrogens is 48.8 g/mol. The monoisotopic (exact) mass is 58.1 g/mol. The van der Waals surface area contributed by atoms with Crippen molar-refractivity contribution in [3.8, 4) is 0 Å². The van der Waals surface area contributed by atoms with Gasteiger partial charge >= 0.3 is 0 Å². The third kappa shape index (κ3) is 3420. The number of hydrogen-bond acceptors (Lipinski definition) is 1. The number of nitrogens with two attached hydrogens (primary N) is 1. The summed E-state index contributed by atoms with van der Waals surface area (Å²) in [4.78, 5) is 0. The predicted molar refractivity (Wildman–Crippen MR) is 22.6 cm³/mol. The van der Waals surface area contributed by atoms with E-state index >= 15 is 0 Å². The highest BCUT2D eigenvalue weighted by Gasteiger charge is 0.836. The van der Waals surface area contributed by atoms with E-state index in [9.17, 15) is 0 Å². The molecule has 0 saturated carbocycles. The minimum Gasteiger partial charge on any atom is -0.333 e. The van der Waals surface area contributed by atoms with Gasteiger partial charge < -0.3 is 5.73 Å². The van der Waals surface area contributed by atoms with E-state index in [1.165, 1.54) is 7.05 Å². The van der Waals surface area contributed by atoms with Crippen molar-refractivity contribution >= 4 is 8.41 Å². The molecule has 0 unspecified atom stereocenters. The Balaban J connectivity index is -0.00000000500. The van der Waals surface area contributed by atoms with Gasteiger partial charge in [-0.15, -0.1) is 0 Å². The molecule has 0 spiro atoms. The van der Waals surface area contributed by atoms with Crippen LogP contribution in [-0.4, -0.2) is 15.5 Å². The van der Waals surface area contributed by atoms with Crippen LogP contribution in [0.4, 0.5) is 0 Å². The lowest BCUT2D eigenvalue weighted by molar-refractivity contribution is 1.48. The van der Waals surface area contributed by atoms with E-state index in [0.717, 1.165) is 0 Å². The smallest absolute Gasteiger partial charge is 0 e. The van der Waals surface area contributed by atoms with Crippen LogP contribution in [-0.2, 0) is 0 Å². The van der Waals surface area contributed by atoms with Crippen molar-refractivity contribution in [1.82, 2.24) is 0 Å². The van der Waals surface area contributed by atoms with E-state index < -0.39 is 0 Å². The van der Waals surface area contributed by atoms with Gasteiger partial charge in [0.25, 0.3) is 0 Å². The summed E-state index contributed by atoms with van der Waals surface area (Å²) in [7, 11) is 1.50. The maximum Gasteiger partial charge on any atom is 0 e. The molecule has 0 aromatic heterocycles. The Morgan fingerprint density at radius 1 is 1.25 bits per heavy atom. The normalized spacial score (nSPS) is 1.50. The molecule has 0 aromatic rings. The highest BCUT2D eigenvalue weighted by atomic mass is 14.4. The average Bonchev–Trinajstić information content (AvgIpc) is 1.00. The lowest BCUT2D eigenvalue weighted by Gasteiger charge is -1.19. The van der Waals surface area contributed by atoms with Crippen molar-refractivity contribution in [2.45, 2.75) is 7.43 Å². The molecule has 0 aliphatic heterocycles. The minimum absolute atomic E-state index is 0. The summed E-state index contributed by atoms with van der Waals surface area (Å²) < 4.78 is 0. The van der Waals surface area contributed by atoms with Gasteiger partial charge in [-0.25, -0.2) is 0 Å². The standard InChI is InChI=1S/CH5N.CH4.B/c1-2;;/h2H2,1H3;1H4;. The molecular formula is C2H9BN. The molecule has 0 saturated heterocycles. The first-order valence-corrected chi connectivity index (χ1v) is 0.577. The Kier molecular flexibility index (Phi) is 175000. The average molecular weight is 57.9 g/mol. The molecule has 1 nitrogen and oxygen atoms in total. The van der Waals surface area contributed by atoms with Crippen LogP contribution in [0.2, 0.25) is 0 Å². The molecule has 0 atom stereocenters. The SMILES string of the molecule is C.CN.[B]. The van der Waals surface area contributed by atoms with Crippen molar-refractivity contribution in [3.05, 3.63) is 0 Å². The highest BCUT2D eigenvalue weighted by molar-refractivity contribution is 5.75. The summed E-state index contributed by atoms with van der Waals surface area (Å²) in [6, 6.07) is 0. The zero-order valence-electron chi connectivity index (χ0n) is 2.15. The fraction of sp³-hybridized carbons (Fsp3) is 1.00. The molecule has 25 valence electrons. The van der Waals surface area contributed by atoms with Crippen molar-refractivity contribution < 1.29 is 0 Å². The second kappa shape index (κ2) is 19900. The first-order valence-electron chi connectivity index (χ1n) is 0.577. The molecule has 0 rings (SSSR count). The largest absolute Gasteiger partial charge is 0.333 e. The lowest BCUT2D eigenvalue weighted by atomic mass is 10.8. The Hall–Kier alpha value is 0.0249. The summed E-state index contributed by atoms with van der Waals surface area (Å²) in [5.74, 6) is 0. The maximum atomic E-state index is 4.50. The second-order valence-corrected chi connectivity index (χ2v) is 0. The highest BCUT2D eigenvalue weighted by Crippen LogP contribution is 0.469. The number of hydrogen-bond donors (Lipinski definition) is 1. The van der Waals surface area contributed by atoms with E-state index in [-0.39, 0.29) is 15.8 Å². The molecule has 3 radical (unpaired) electrons. The molecule has 0 aliphatic carbocycles. The first kappa shape index (κ1) is 35.1. The fourth-order valence-electron chi connectivity index (χ4n) is 0. The van der Waals surface area contributed by atoms with Crippen LogP contribution in [0, 0.1) is 0 Å². The molecule has 2 heteroatoms. The molecule has 4 heavy (non-hydrogen) atoms. The van der Waals surface area contributed by atoms with Gasteiger partial charge in [0.05, 0.1) is 0 Å². The summed E-state index contributed by atoms with van der Waals surface area (Å²) in [6.45, 7) is 0. The van der Waals surface area contributed by atoms with Crippen molar-refractivity contribution in [2.75, 3.05) is 7.05 Å². The van der Waals surface area contributed by atoms with E-state index in [2.05, 4.69) is 5.73 Å². The van der Waals surface area contributed by atoms with Crippen LogP contribution in [0.15, 0.2) is 0 Å². The fourth-order valence-corrected chi connectivity index (χ4v) is 0. The van der Waals surface area contributed by atoms with E-state index in [1.807, 2.05) is 0 Å². The van der Waals surface area contributed by atoms with Crippen LogP contribution in [0.25, 0.3) is 0 Å². The van der Waals surface area contributed by atoms with Crippen LogP contribution in [0.1, 0.15) is 7.43 Å². The first-order chi connectivity index (χ1) is 1.00. The molecule has 0 bridgehead atoms. The molecule has 2 N–H and O–H groups in total. The van der Waals surface area contributed by atoms with Gasteiger partial charge in [0.2, 0.25) is 0 Å². The third-order valence-electron chi connectivity index (χ3n) is 0. The van der Waals surface area contributed by atoms with Crippen LogP contribution < -0.4 is 5.73 Å². The van der Waals surface area contributed by atoms with Gasteiger partial charge in [0, 0.05) is 8.41 Å². The van der Waals surface area contributed by atoms with Crippen LogP contribution >= 0.6 is 0 Å². The molecule has 0 aromatic carbocycles. The zero-order chi connectivity index (χ0) is 2.00. The quantitative estimate of drug-likeness (QED) is 0.384. The van der Waals surface area contributed by atoms with Crippen molar-refractivity contribution in [2.24, 2.45) is 5.73 Å². The van der Waals surface area contributed by atoms with Crippen molar-refractivity contribution in [1.29, 1.82) is 0 Å². The molecule has 0 heterocycles. The Morgan fingerprint density at radius 2 is 1.25 bits per heavy atom. The summed E-state index contributed by atoms with van der Waals surface area (Å²) in [5.41, 5.74) is 4.50. The zero-order valence-corrected chi connectivity index (χ0v) is 2.15. The van der Waals surface area contributed by atoms with E-state index in [4.69, 9.17) is 0 Å². The van der Waals surface area contributed by atoms with Gasteiger partial charge in [0.1, 0.15) is 0 Å². The molecule has 0 fully saturated rings. The van der Waals surface area contributed by atoms with Gasteiger partial charge in [-0.05, 0) is 7.05 Å². The third-order valence-corrected chi connectivity index (χ3v) is 0. The summed E-state index contributed by atoms with van der Waals surface area (Å²) in [5, 5.41) is 0.